The molecule has 1 aromatic rings. The van der Waals surface area contributed by atoms with Gasteiger partial charge in [-0.15, -0.1) is 0 Å². The van der Waals surface area contributed by atoms with Crippen LogP contribution in [-0.4, -0.2) is 19.0 Å². The average Bonchev–Trinajstić information content (AvgIpc) is 2.32. The van der Waals surface area contributed by atoms with Gasteiger partial charge in [0.2, 0.25) is 5.91 Å². The molecule has 1 rings (SSSR count). The number of amides is 1. The Morgan fingerprint density at radius 3 is 2.44 bits per heavy atom. The lowest BCUT2D eigenvalue weighted by Crippen LogP contribution is -2.38. The molecule has 0 radical (unpaired) electrons. The van der Waals surface area contributed by atoms with Crippen molar-refractivity contribution in [1.29, 1.82) is 0 Å². The van der Waals surface area contributed by atoms with Crippen LogP contribution in [0.3, 0.4) is 0 Å². The van der Waals surface area contributed by atoms with Crippen LogP contribution in [0.25, 0.3) is 0 Å². The molecular weight excluding hydrogens is 292 g/mol. The molecule has 0 bridgehead atoms. The van der Waals surface area contributed by atoms with E-state index >= 15 is 0 Å². The van der Waals surface area contributed by atoms with E-state index in [1.165, 1.54) is 5.56 Å². The summed E-state index contributed by atoms with van der Waals surface area (Å²) in [6.07, 6.45) is 0.842. The van der Waals surface area contributed by atoms with Crippen LogP contribution in [0.2, 0.25) is 0 Å². The molecule has 0 heterocycles. The molecule has 0 saturated carbocycles. The smallest absolute Gasteiger partial charge is 0.224 e. The van der Waals surface area contributed by atoms with E-state index in [-0.39, 0.29) is 17.7 Å². The number of carbonyl (C=O) groups excluding carboxylic acids is 1. The van der Waals surface area contributed by atoms with Crippen molar-refractivity contribution < 1.29 is 4.79 Å². The van der Waals surface area contributed by atoms with E-state index in [4.69, 9.17) is 5.73 Å². The molecule has 1 amide bonds. The zero-order valence-electron chi connectivity index (χ0n) is 10.9. The van der Waals surface area contributed by atoms with Crippen molar-refractivity contribution in [2.45, 2.75) is 20.3 Å². The van der Waals surface area contributed by atoms with Gasteiger partial charge in [0.25, 0.3) is 0 Å². The molecule has 0 aliphatic rings. The Labute approximate surface area is 117 Å². The van der Waals surface area contributed by atoms with Gasteiger partial charge in [-0.1, -0.05) is 41.9 Å². The number of benzene rings is 1. The number of nitrogens with one attached hydrogen (secondary N) is 1. The fraction of sp³-hybridized carbons (Fsp3) is 0.500. The van der Waals surface area contributed by atoms with Gasteiger partial charge in [0.05, 0.1) is 5.92 Å². The minimum Gasteiger partial charge on any atom is -0.355 e. The van der Waals surface area contributed by atoms with E-state index in [2.05, 4.69) is 33.4 Å². The molecule has 1 aromatic carbocycles. The average molecular weight is 313 g/mol. The monoisotopic (exact) mass is 312 g/mol. The Kier molecular flexibility index (Phi) is 6.36. The van der Waals surface area contributed by atoms with Crippen LogP contribution < -0.4 is 11.1 Å². The number of hydrogen-bond acceptors (Lipinski definition) is 2. The lowest BCUT2D eigenvalue weighted by molar-refractivity contribution is -0.125. The van der Waals surface area contributed by atoms with Crippen LogP contribution >= 0.6 is 15.9 Å². The molecule has 3 N–H and O–H groups in total. The van der Waals surface area contributed by atoms with Gasteiger partial charge in [0.15, 0.2) is 0 Å². The Hall–Kier alpha value is -0.870. The van der Waals surface area contributed by atoms with Crippen LogP contribution in [0.1, 0.15) is 19.4 Å². The third kappa shape index (κ3) is 4.78. The van der Waals surface area contributed by atoms with Crippen molar-refractivity contribution in [3.05, 3.63) is 34.3 Å². The summed E-state index contributed by atoms with van der Waals surface area (Å²) in [4.78, 5) is 11.9. The first kappa shape index (κ1) is 15.2. The van der Waals surface area contributed by atoms with E-state index in [9.17, 15) is 4.79 Å². The van der Waals surface area contributed by atoms with Crippen LogP contribution in [0.5, 0.6) is 0 Å². The highest BCUT2D eigenvalue weighted by Crippen LogP contribution is 2.11. The third-order valence-corrected chi connectivity index (χ3v) is 3.55. The summed E-state index contributed by atoms with van der Waals surface area (Å²) in [5.41, 5.74) is 6.82. The summed E-state index contributed by atoms with van der Waals surface area (Å²) in [7, 11) is 0. The molecule has 0 aliphatic carbocycles. The van der Waals surface area contributed by atoms with Crippen LogP contribution in [0, 0.1) is 11.8 Å². The van der Waals surface area contributed by atoms with Gasteiger partial charge in [-0.3, -0.25) is 4.79 Å². The fourth-order valence-corrected chi connectivity index (χ4v) is 2.06. The summed E-state index contributed by atoms with van der Waals surface area (Å²) in [6.45, 7) is 5.10. The lowest BCUT2D eigenvalue weighted by atomic mass is 9.95. The van der Waals surface area contributed by atoms with Gasteiger partial charge in [0, 0.05) is 17.6 Å². The molecular formula is C14H21BrN2O. The van der Waals surface area contributed by atoms with Crippen molar-refractivity contribution in [2.75, 3.05) is 13.1 Å². The Morgan fingerprint density at radius 2 is 1.94 bits per heavy atom. The molecule has 18 heavy (non-hydrogen) atoms. The SMILES string of the molecule is CC(C)C(CN)C(=O)NCCc1ccc(Br)cc1. The van der Waals surface area contributed by atoms with Gasteiger partial charge in [0.1, 0.15) is 0 Å². The molecule has 0 aliphatic heterocycles. The second kappa shape index (κ2) is 7.54. The van der Waals surface area contributed by atoms with Crippen molar-refractivity contribution in [3.8, 4) is 0 Å². The highest BCUT2D eigenvalue weighted by atomic mass is 79.9. The van der Waals surface area contributed by atoms with E-state index in [1.807, 2.05) is 26.0 Å². The maximum atomic E-state index is 11.9. The summed E-state index contributed by atoms with van der Waals surface area (Å²) in [5, 5.41) is 2.95. The molecule has 100 valence electrons. The number of nitrogens with two attached hydrogens (primary N) is 1. The lowest BCUT2D eigenvalue weighted by Gasteiger charge is -2.18. The number of rotatable bonds is 6. The predicted molar refractivity (Wildman–Crippen MR) is 78.2 cm³/mol. The molecule has 0 aromatic heterocycles. The Bertz CT molecular complexity index is 376. The Balaban J connectivity index is 2.37. The van der Waals surface area contributed by atoms with E-state index in [0.29, 0.717) is 13.1 Å². The first-order chi connectivity index (χ1) is 8.54. The highest BCUT2D eigenvalue weighted by molar-refractivity contribution is 9.10. The first-order valence-corrected chi connectivity index (χ1v) is 7.06. The fourth-order valence-electron chi connectivity index (χ4n) is 1.79. The van der Waals surface area contributed by atoms with Crippen LogP contribution in [0.15, 0.2) is 28.7 Å². The molecule has 0 spiro atoms. The zero-order valence-corrected chi connectivity index (χ0v) is 12.5. The van der Waals surface area contributed by atoms with E-state index in [0.717, 1.165) is 10.9 Å². The quantitative estimate of drug-likeness (QED) is 0.847. The molecule has 1 unspecified atom stereocenters. The third-order valence-electron chi connectivity index (χ3n) is 3.02. The van der Waals surface area contributed by atoms with Crippen molar-refractivity contribution in [2.24, 2.45) is 17.6 Å². The minimum atomic E-state index is -0.0880. The normalized spacial score (nSPS) is 12.5. The van der Waals surface area contributed by atoms with Gasteiger partial charge in [-0.05, 0) is 30.0 Å². The molecule has 0 fully saturated rings. The van der Waals surface area contributed by atoms with Crippen molar-refractivity contribution in [3.63, 3.8) is 0 Å². The van der Waals surface area contributed by atoms with Gasteiger partial charge < -0.3 is 11.1 Å². The van der Waals surface area contributed by atoms with Crippen LogP contribution in [0.4, 0.5) is 0 Å². The topological polar surface area (TPSA) is 55.1 Å². The molecule has 1 atom stereocenters. The van der Waals surface area contributed by atoms with Gasteiger partial charge >= 0.3 is 0 Å². The summed E-state index contributed by atoms with van der Waals surface area (Å²) < 4.78 is 1.07. The maximum absolute atomic E-state index is 11.9. The Morgan fingerprint density at radius 1 is 1.33 bits per heavy atom. The first-order valence-electron chi connectivity index (χ1n) is 6.26. The standard InChI is InChI=1S/C14H21BrN2O/c1-10(2)13(9-16)14(18)17-8-7-11-3-5-12(15)6-4-11/h3-6,10,13H,7-9,16H2,1-2H3,(H,17,18). The van der Waals surface area contributed by atoms with E-state index < -0.39 is 0 Å². The molecule has 3 nitrogen and oxygen atoms in total. The van der Waals surface area contributed by atoms with E-state index in [1.54, 1.807) is 0 Å². The van der Waals surface area contributed by atoms with Crippen LogP contribution in [-0.2, 0) is 11.2 Å². The second-order valence-electron chi connectivity index (χ2n) is 4.75. The van der Waals surface area contributed by atoms with Gasteiger partial charge in [-0.25, -0.2) is 0 Å². The number of hydrogen-bond donors (Lipinski definition) is 2. The van der Waals surface area contributed by atoms with Crippen molar-refractivity contribution >= 4 is 21.8 Å². The number of halogens is 1. The van der Waals surface area contributed by atoms with Crippen molar-refractivity contribution in [1.82, 2.24) is 5.32 Å². The summed E-state index contributed by atoms with van der Waals surface area (Å²) in [6, 6.07) is 8.13. The summed E-state index contributed by atoms with van der Waals surface area (Å²) >= 11 is 3.40. The van der Waals surface area contributed by atoms with Gasteiger partial charge in [-0.2, -0.15) is 0 Å². The minimum absolute atomic E-state index is 0.0598. The second-order valence-corrected chi connectivity index (χ2v) is 5.67. The number of carbonyl (C=O) groups is 1. The summed E-state index contributed by atoms with van der Waals surface area (Å²) in [5.74, 6) is 0.252. The largest absolute Gasteiger partial charge is 0.355 e. The predicted octanol–water partition coefficient (Wildman–Crippen LogP) is 2.34. The zero-order chi connectivity index (χ0) is 13.5. The molecule has 0 saturated heterocycles. The molecule has 4 heteroatoms. The maximum Gasteiger partial charge on any atom is 0.224 e. The highest BCUT2D eigenvalue weighted by Gasteiger charge is 2.19.